The zero-order valence-electron chi connectivity index (χ0n) is 10.8. The Hall–Kier alpha value is -0.550. The lowest BCUT2D eigenvalue weighted by atomic mass is 10.2. The first-order valence-electron chi connectivity index (χ1n) is 6.22. The fourth-order valence-electron chi connectivity index (χ4n) is 1.96. The van der Waals surface area contributed by atoms with Gasteiger partial charge in [0.2, 0.25) is 11.8 Å². The number of carbonyl (C=O) groups excluding carboxylic acids is 2. The van der Waals surface area contributed by atoms with Crippen LogP contribution >= 0.6 is 11.8 Å². The first-order chi connectivity index (χ1) is 8.01. The van der Waals surface area contributed by atoms with Gasteiger partial charge in [0, 0.05) is 17.7 Å². The minimum absolute atomic E-state index is 0.0155. The molecule has 2 amide bonds. The van der Waals surface area contributed by atoms with Crippen molar-refractivity contribution in [3.05, 3.63) is 0 Å². The zero-order valence-corrected chi connectivity index (χ0v) is 11.6. The molecule has 17 heavy (non-hydrogen) atoms. The molecule has 1 heterocycles. The van der Waals surface area contributed by atoms with Gasteiger partial charge in [-0.05, 0) is 26.3 Å². The predicted octanol–water partition coefficient (Wildman–Crippen LogP) is 1.38. The molecular formula is C12H22N2O2S. The third-order valence-corrected chi connectivity index (χ3v) is 4.54. The SMILES string of the molecule is CCC(C)N1C(=O)CC(SC(C)CCN)C1=O. The van der Waals surface area contributed by atoms with Crippen molar-refractivity contribution in [2.45, 2.75) is 56.6 Å². The molecule has 3 unspecified atom stereocenters. The van der Waals surface area contributed by atoms with Gasteiger partial charge in [-0.15, -0.1) is 11.8 Å². The van der Waals surface area contributed by atoms with Gasteiger partial charge < -0.3 is 5.73 Å². The zero-order chi connectivity index (χ0) is 13.0. The number of imide groups is 1. The molecule has 1 rings (SSSR count). The first kappa shape index (κ1) is 14.5. The molecule has 1 aliphatic heterocycles. The molecule has 0 aromatic carbocycles. The molecule has 1 saturated heterocycles. The summed E-state index contributed by atoms with van der Waals surface area (Å²) in [6.07, 6.45) is 2.04. The average Bonchev–Trinajstić information content (AvgIpc) is 2.54. The number of nitrogens with two attached hydrogens (primary N) is 1. The van der Waals surface area contributed by atoms with Crippen LogP contribution < -0.4 is 5.73 Å². The van der Waals surface area contributed by atoms with Crippen LogP contribution in [0.5, 0.6) is 0 Å². The van der Waals surface area contributed by atoms with E-state index in [2.05, 4.69) is 6.92 Å². The minimum Gasteiger partial charge on any atom is -0.330 e. The summed E-state index contributed by atoms with van der Waals surface area (Å²) in [7, 11) is 0. The third-order valence-electron chi connectivity index (χ3n) is 3.14. The van der Waals surface area contributed by atoms with Gasteiger partial charge in [0.1, 0.15) is 0 Å². The normalized spacial score (nSPS) is 24.2. The van der Waals surface area contributed by atoms with Crippen molar-refractivity contribution in [1.29, 1.82) is 0 Å². The number of thioether (sulfide) groups is 1. The second-order valence-electron chi connectivity index (χ2n) is 4.58. The van der Waals surface area contributed by atoms with Crippen LogP contribution in [0.3, 0.4) is 0 Å². The smallest absolute Gasteiger partial charge is 0.243 e. The number of hydrogen-bond donors (Lipinski definition) is 1. The van der Waals surface area contributed by atoms with E-state index < -0.39 is 0 Å². The minimum atomic E-state index is -0.196. The Labute approximate surface area is 107 Å². The highest BCUT2D eigenvalue weighted by molar-refractivity contribution is 8.01. The summed E-state index contributed by atoms with van der Waals surface area (Å²) in [6.45, 7) is 6.59. The van der Waals surface area contributed by atoms with Crippen LogP contribution in [-0.4, -0.2) is 39.8 Å². The van der Waals surface area contributed by atoms with Gasteiger partial charge in [0.15, 0.2) is 0 Å². The molecule has 2 N–H and O–H groups in total. The topological polar surface area (TPSA) is 63.4 Å². The second kappa shape index (κ2) is 6.40. The molecule has 0 aliphatic carbocycles. The molecule has 0 saturated carbocycles. The van der Waals surface area contributed by atoms with Crippen LogP contribution in [0.25, 0.3) is 0 Å². The van der Waals surface area contributed by atoms with Gasteiger partial charge in [-0.1, -0.05) is 13.8 Å². The maximum atomic E-state index is 12.1. The monoisotopic (exact) mass is 258 g/mol. The summed E-state index contributed by atoms with van der Waals surface area (Å²) in [5.74, 6) is -0.0416. The van der Waals surface area contributed by atoms with Gasteiger partial charge in [0.05, 0.1) is 5.25 Å². The summed E-state index contributed by atoms with van der Waals surface area (Å²) < 4.78 is 0. The van der Waals surface area contributed by atoms with Crippen molar-refractivity contribution in [3.63, 3.8) is 0 Å². The lowest BCUT2D eigenvalue weighted by Crippen LogP contribution is -2.38. The summed E-state index contributed by atoms with van der Waals surface area (Å²) in [5, 5.41) is 0.136. The van der Waals surface area contributed by atoms with Crippen molar-refractivity contribution in [3.8, 4) is 0 Å². The predicted molar refractivity (Wildman–Crippen MR) is 70.7 cm³/mol. The van der Waals surface area contributed by atoms with Crippen LogP contribution in [0.15, 0.2) is 0 Å². The number of carbonyl (C=O) groups is 2. The molecule has 3 atom stereocenters. The Bertz CT molecular complexity index is 296. The fourth-order valence-corrected chi connectivity index (χ4v) is 3.26. The molecule has 0 aromatic rings. The van der Waals surface area contributed by atoms with Crippen molar-refractivity contribution in [2.24, 2.45) is 5.73 Å². The highest BCUT2D eigenvalue weighted by atomic mass is 32.2. The molecule has 98 valence electrons. The van der Waals surface area contributed by atoms with Gasteiger partial charge in [0.25, 0.3) is 0 Å². The number of hydrogen-bond acceptors (Lipinski definition) is 4. The van der Waals surface area contributed by atoms with Gasteiger partial charge in [-0.25, -0.2) is 0 Å². The third kappa shape index (κ3) is 3.45. The Morgan fingerprint density at radius 1 is 1.47 bits per heavy atom. The molecular weight excluding hydrogens is 236 g/mol. The Balaban J connectivity index is 2.61. The maximum absolute atomic E-state index is 12.1. The molecule has 0 radical (unpaired) electrons. The molecule has 1 aliphatic rings. The summed E-state index contributed by atoms with van der Waals surface area (Å²) in [4.78, 5) is 25.3. The van der Waals surface area contributed by atoms with E-state index in [4.69, 9.17) is 5.73 Å². The molecule has 0 bridgehead atoms. The number of likely N-dealkylation sites (tertiary alicyclic amines) is 1. The number of rotatable bonds is 6. The van der Waals surface area contributed by atoms with E-state index in [1.807, 2.05) is 13.8 Å². The van der Waals surface area contributed by atoms with E-state index in [0.717, 1.165) is 12.8 Å². The summed E-state index contributed by atoms with van der Waals surface area (Å²) >= 11 is 1.58. The highest BCUT2D eigenvalue weighted by Gasteiger charge is 2.41. The Morgan fingerprint density at radius 3 is 2.65 bits per heavy atom. The van der Waals surface area contributed by atoms with Crippen molar-refractivity contribution < 1.29 is 9.59 Å². The van der Waals surface area contributed by atoms with Crippen LogP contribution in [-0.2, 0) is 9.59 Å². The van der Waals surface area contributed by atoms with Crippen molar-refractivity contribution in [2.75, 3.05) is 6.54 Å². The molecule has 5 heteroatoms. The standard InChI is InChI=1S/C12H22N2O2S/c1-4-8(2)14-11(15)7-10(12(14)16)17-9(3)5-6-13/h8-10H,4-7,13H2,1-3H3. The van der Waals surface area contributed by atoms with Crippen LogP contribution in [0.1, 0.15) is 40.0 Å². The maximum Gasteiger partial charge on any atom is 0.243 e. The largest absolute Gasteiger partial charge is 0.330 e. The second-order valence-corrected chi connectivity index (χ2v) is 6.22. The lowest BCUT2D eigenvalue weighted by Gasteiger charge is -2.22. The van der Waals surface area contributed by atoms with Crippen LogP contribution in [0.2, 0.25) is 0 Å². The van der Waals surface area contributed by atoms with E-state index in [1.54, 1.807) is 11.8 Å². The summed E-state index contributed by atoms with van der Waals surface area (Å²) in [5.41, 5.74) is 5.49. The molecule has 1 fully saturated rings. The van der Waals surface area contributed by atoms with Gasteiger partial charge in [-0.2, -0.15) is 0 Å². The Kier molecular flexibility index (Phi) is 5.46. The van der Waals surface area contributed by atoms with Crippen LogP contribution in [0.4, 0.5) is 0 Å². The first-order valence-corrected chi connectivity index (χ1v) is 7.16. The highest BCUT2D eigenvalue weighted by Crippen LogP contribution is 2.30. The summed E-state index contributed by atoms with van der Waals surface area (Å²) in [6, 6.07) is 0.0189. The average molecular weight is 258 g/mol. The van der Waals surface area contributed by atoms with Crippen LogP contribution in [0, 0.1) is 0 Å². The van der Waals surface area contributed by atoms with Crippen molar-refractivity contribution in [1.82, 2.24) is 4.90 Å². The number of nitrogens with zero attached hydrogens (tertiary/aromatic N) is 1. The van der Waals surface area contributed by atoms with E-state index in [0.29, 0.717) is 18.2 Å². The number of amides is 2. The van der Waals surface area contributed by atoms with E-state index in [9.17, 15) is 9.59 Å². The molecule has 4 nitrogen and oxygen atoms in total. The molecule has 0 spiro atoms. The van der Waals surface area contributed by atoms with Crippen molar-refractivity contribution >= 4 is 23.6 Å². The van der Waals surface area contributed by atoms with Gasteiger partial charge >= 0.3 is 0 Å². The van der Waals surface area contributed by atoms with Gasteiger partial charge in [-0.3, -0.25) is 14.5 Å². The van der Waals surface area contributed by atoms with E-state index in [-0.39, 0.29) is 23.1 Å². The van der Waals surface area contributed by atoms with E-state index >= 15 is 0 Å². The lowest BCUT2D eigenvalue weighted by molar-refractivity contribution is -0.140. The quantitative estimate of drug-likeness (QED) is 0.731. The molecule has 0 aromatic heterocycles. The fraction of sp³-hybridized carbons (Fsp3) is 0.833. The Morgan fingerprint density at radius 2 is 2.12 bits per heavy atom. The van der Waals surface area contributed by atoms with E-state index in [1.165, 1.54) is 4.90 Å².